The summed E-state index contributed by atoms with van der Waals surface area (Å²) in [5.41, 5.74) is 1.16. The van der Waals surface area contributed by atoms with Crippen molar-refractivity contribution < 1.29 is 0 Å². The number of allylic oxidation sites excluding steroid dienone is 2. The zero-order chi connectivity index (χ0) is 7.98. The normalized spacial score (nSPS) is 14.4. The Kier molecular flexibility index (Phi) is 4.59. The molecule has 0 saturated heterocycles. The molecule has 1 unspecified atom stereocenters. The molecule has 0 aromatic carbocycles. The smallest absolute Gasteiger partial charge is 0.0288 e. The first kappa shape index (κ1) is 9.18. The molecule has 0 aliphatic rings. The fourth-order valence-corrected chi connectivity index (χ4v) is 0.692. The van der Waals surface area contributed by atoms with E-state index < -0.39 is 0 Å². The lowest BCUT2D eigenvalue weighted by atomic mass is 10.1. The highest BCUT2D eigenvalue weighted by Gasteiger charge is 1.98. The van der Waals surface area contributed by atoms with Gasteiger partial charge in [-0.1, -0.05) is 31.4 Å². The Labute approximate surface area is 63.1 Å². The summed E-state index contributed by atoms with van der Waals surface area (Å²) < 4.78 is 0. The predicted octanol–water partition coefficient (Wildman–Crippen LogP) is 1.89. The summed E-state index contributed by atoms with van der Waals surface area (Å²) in [6.45, 7) is 9.39. The fourth-order valence-electron chi connectivity index (χ4n) is 0.692. The quantitative estimate of drug-likeness (QED) is 0.583. The minimum Gasteiger partial charge on any atom is -0.313 e. The van der Waals surface area contributed by atoms with Crippen LogP contribution in [0.1, 0.15) is 6.92 Å². The summed E-state index contributed by atoms with van der Waals surface area (Å²) in [4.78, 5) is 0. The van der Waals surface area contributed by atoms with Crippen molar-refractivity contribution in [2.24, 2.45) is 0 Å². The summed E-state index contributed by atoms with van der Waals surface area (Å²) in [7, 11) is 1.92. The molecule has 1 N–H and O–H groups in total. The minimum absolute atomic E-state index is 0.357. The van der Waals surface area contributed by atoms with Crippen molar-refractivity contribution in [3.05, 3.63) is 37.0 Å². The Morgan fingerprint density at radius 3 is 2.40 bits per heavy atom. The maximum absolute atomic E-state index is 3.69. The van der Waals surface area contributed by atoms with Crippen molar-refractivity contribution in [1.29, 1.82) is 0 Å². The average Bonchev–Trinajstić information content (AvgIpc) is 1.99. The summed E-state index contributed by atoms with van der Waals surface area (Å²) in [6.07, 6.45) is 5.56. The first-order chi connectivity index (χ1) is 4.76. The Morgan fingerprint density at radius 2 is 2.10 bits per heavy atom. The van der Waals surface area contributed by atoms with Gasteiger partial charge in [-0.3, -0.25) is 0 Å². The van der Waals surface area contributed by atoms with Crippen LogP contribution in [-0.4, -0.2) is 13.1 Å². The van der Waals surface area contributed by atoms with Crippen LogP contribution in [-0.2, 0) is 0 Å². The van der Waals surface area contributed by atoms with E-state index in [9.17, 15) is 0 Å². The lowest BCUT2D eigenvalue weighted by molar-refractivity contribution is 0.706. The molecular weight excluding hydrogens is 122 g/mol. The Bertz CT molecular complexity index is 145. The topological polar surface area (TPSA) is 12.0 Å². The summed E-state index contributed by atoms with van der Waals surface area (Å²) >= 11 is 0. The summed E-state index contributed by atoms with van der Waals surface area (Å²) in [5, 5.41) is 3.11. The number of hydrogen-bond acceptors (Lipinski definition) is 1. The second-order valence-electron chi connectivity index (χ2n) is 2.12. The van der Waals surface area contributed by atoms with E-state index >= 15 is 0 Å². The lowest BCUT2D eigenvalue weighted by Gasteiger charge is -2.09. The van der Waals surface area contributed by atoms with Crippen LogP contribution in [0.5, 0.6) is 0 Å². The van der Waals surface area contributed by atoms with Gasteiger partial charge in [-0.05, 0) is 19.5 Å². The molecule has 0 aromatic rings. The molecule has 0 aliphatic carbocycles. The number of rotatable bonds is 4. The Morgan fingerprint density at radius 1 is 1.50 bits per heavy atom. The summed E-state index contributed by atoms with van der Waals surface area (Å²) in [5.74, 6) is 0. The zero-order valence-corrected chi connectivity index (χ0v) is 6.72. The molecule has 0 fully saturated rings. The maximum atomic E-state index is 3.69. The van der Waals surface area contributed by atoms with E-state index in [4.69, 9.17) is 0 Å². The molecule has 0 amide bonds. The van der Waals surface area contributed by atoms with Crippen LogP contribution in [0.25, 0.3) is 0 Å². The average molecular weight is 137 g/mol. The highest BCUT2D eigenvalue weighted by molar-refractivity contribution is 5.25. The van der Waals surface area contributed by atoms with Crippen molar-refractivity contribution in [2.75, 3.05) is 7.05 Å². The van der Waals surface area contributed by atoms with Gasteiger partial charge in [-0.25, -0.2) is 0 Å². The van der Waals surface area contributed by atoms with Crippen LogP contribution in [0.3, 0.4) is 0 Å². The molecule has 0 heterocycles. The second-order valence-corrected chi connectivity index (χ2v) is 2.12. The van der Waals surface area contributed by atoms with Crippen molar-refractivity contribution in [1.82, 2.24) is 5.32 Å². The molecule has 0 saturated carbocycles. The van der Waals surface area contributed by atoms with Gasteiger partial charge in [0.15, 0.2) is 0 Å². The van der Waals surface area contributed by atoms with Crippen LogP contribution in [0, 0.1) is 0 Å². The second kappa shape index (κ2) is 5.00. The molecule has 0 aromatic heterocycles. The SMILES string of the molecule is C=C/C=C(\C=C)C(C)NC. The van der Waals surface area contributed by atoms with Crippen molar-refractivity contribution in [3.8, 4) is 0 Å². The molecule has 0 radical (unpaired) electrons. The molecule has 1 atom stereocenters. The Hall–Kier alpha value is -0.820. The van der Waals surface area contributed by atoms with E-state index in [0.29, 0.717) is 6.04 Å². The highest BCUT2D eigenvalue weighted by atomic mass is 14.9. The first-order valence-corrected chi connectivity index (χ1v) is 3.38. The van der Waals surface area contributed by atoms with Crippen LogP contribution in [0.2, 0.25) is 0 Å². The van der Waals surface area contributed by atoms with Crippen LogP contribution >= 0.6 is 0 Å². The van der Waals surface area contributed by atoms with Gasteiger partial charge in [0.05, 0.1) is 0 Å². The van der Waals surface area contributed by atoms with Gasteiger partial charge in [0.25, 0.3) is 0 Å². The Balaban J connectivity index is 4.18. The van der Waals surface area contributed by atoms with Crippen LogP contribution in [0.15, 0.2) is 37.0 Å². The van der Waals surface area contributed by atoms with E-state index in [-0.39, 0.29) is 0 Å². The first-order valence-electron chi connectivity index (χ1n) is 3.38. The van der Waals surface area contributed by atoms with Crippen LogP contribution < -0.4 is 5.32 Å². The minimum atomic E-state index is 0.357. The van der Waals surface area contributed by atoms with E-state index in [1.807, 2.05) is 19.2 Å². The van der Waals surface area contributed by atoms with E-state index in [0.717, 1.165) is 5.57 Å². The van der Waals surface area contributed by atoms with Crippen molar-refractivity contribution >= 4 is 0 Å². The van der Waals surface area contributed by atoms with E-state index in [2.05, 4.69) is 25.4 Å². The maximum Gasteiger partial charge on any atom is 0.0288 e. The molecule has 56 valence electrons. The van der Waals surface area contributed by atoms with Gasteiger partial charge in [0.1, 0.15) is 0 Å². The molecule has 0 rings (SSSR count). The molecule has 0 bridgehead atoms. The lowest BCUT2D eigenvalue weighted by Crippen LogP contribution is -2.22. The molecular formula is C9H15N. The molecule has 1 heteroatoms. The molecule has 10 heavy (non-hydrogen) atoms. The largest absolute Gasteiger partial charge is 0.313 e. The van der Waals surface area contributed by atoms with E-state index in [1.54, 1.807) is 6.08 Å². The molecule has 0 aliphatic heterocycles. The van der Waals surface area contributed by atoms with Crippen molar-refractivity contribution in [2.45, 2.75) is 13.0 Å². The molecule has 1 nitrogen and oxygen atoms in total. The molecule has 0 spiro atoms. The van der Waals surface area contributed by atoms with E-state index in [1.165, 1.54) is 0 Å². The zero-order valence-electron chi connectivity index (χ0n) is 6.72. The fraction of sp³-hybridized carbons (Fsp3) is 0.333. The van der Waals surface area contributed by atoms with Crippen molar-refractivity contribution in [3.63, 3.8) is 0 Å². The third-order valence-electron chi connectivity index (χ3n) is 1.48. The highest BCUT2D eigenvalue weighted by Crippen LogP contribution is 2.01. The standard InChI is InChI=1S/C9H15N/c1-5-7-9(6-2)8(3)10-4/h5-8,10H,1-2H2,3-4H3/b9-7+. The number of hydrogen-bond donors (Lipinski definition) is 1. The third kappa shape index (κ3) is 2.65. The van der Waals surface area contributed by atoms with Gasteiger partial charge in [0.2, 0.25) is 0 Å². The number of nitrogens with one attached hydrogen (secondary N) is 1. The van der Waals surface area contributed by atoms with Gasteiger partial charge in [0, 0.05) is 6.04 Å². The summed E-state index contributed by atoms with van der Waals surface area (Å²) in [6, 6.07) is 0.357. The number of likely N-dealkylation sites (N-methyl/N-ethyl adjacent to an activating group) is 1. The van der Waals surface area contributed by atoms with Crippen LogP contribution in [0.4, 0.5) is 0 Å². The van der Waals surface area contributed by atoms with Gasteiger partial charge < -0.3 is 5.32 Å². The van der Waals surface area contributed by atoms with Gasteiger partial charge >= 0.3 is 0 Å². The van der Waals surface area contributed by atoms with Gasteiger partial charge in [-0.15, -0.1) is 0 Å². The predicted molar refractivity (Wildman–Crippen MR) is 47.0 cm³/mol. The third-order valence-corrected chi connectivity index (χ3v) is 1.48. The van der Waals surface area contributed by atoms with Gasteiger partial charge in [-0.2, -0.15) is 0 Å². The monoisotopic (exact) mass is 137 g/mol.